The van der Waals surface area contributed by atoms with Crippen molar-refractivity contribution in [3.63, 3.8) is 0 Å². The molecule has 0 aliphatic carbocycles. The second kappa shape index (κ2) is 9.53. The second-order valence-electron chi connectivity index (χ2n) is 7.61. The predicted octanol–water partition coefficient (Wildman–Crippen LogP) is 2.65. The smallest absolute Gasteiger partial charge is 0.290 e. The van der Waals surface area contributed by atoms with Crippen molar-refractivity contribution in [1.29, 1.82) is 0 Å². The maximum Gasteiger partial charge on any atom is 0.290 e. The first-order valence-corrected chi connectivity index (χ1v) is 11.3. The molecule has 2 N–H and O–H groups in total. The molecule has 1 aromatic heterocycles. The van der Waals surface area contributed by atoms with Crippen LogP contribution in [-0.4, -0.2) is 52.9 Å². The van der Waals surface area contributed by atoms with Gasteiger partial charge in [-0.1, -0.05) is 30.3 Å². The molecule has 1 amide bonds. The number of quaternary nitrogens is 1. The van der Waals surface area contributed by atoms with E-state index >= 15 is 0 Å². The van der Waals surface area contributed by atoms with Crippen LogP contribution in [0.5, 0.6) is 0 Å². The van der Waals surface area contributed by atoms with E-state index in [4.69, 9.17) is 0 Å². The van der Waals surface area contributed by atoms with Gasteiger partial charge in [-0.05, 0) is 33.3 Å². The largest absolute Gasteiger partial charge is 0.503 e. The summed E-state index contributed by atoms with van der Waals surface area (Å²) in [5, 5.41) is 11.5. The Bertz CT molecular complexity index is 948. The van der Waals surface area contributed by atoms with Gasteiger partial charge in [0, 0.05) is 13.0 Å². The Morgan fingerprint density at radius 1 is 1.20 bits per heavy atom. The zero-order chi connectivity index (χ0) is 21.8. The van der Waals surface area contributed by atoms with Gasteiger partial charge in [-0.3, -0.25) is 9.59 Å². The zero-order valence-corrected chi connectivity index (χ0v) is 18.9. The van der Waals surface area contributed by atoms with E-state index in [1.807, 2.05) is 37.3 Å². The van der Waals surface area contributed by atoms with Gasteiger partial charge >= 0.3 is 0 Å². The van der Waals surface area contributed by atoms with Crippen LogP contribution in [0.4, 0.5) is 0 Å². The molecule has 1 atom stereocenters. The minimum atomic E-state index is -0.584. The molecule has 2 aromatic rings. The average Bonchev–Trinajstić information content (AvgIpc) is 3.21. The van der Waals surface area contributed by atoms with Gasteiger partial charge in [-0.25, -0.2) is 4.98 Å². The molecule has 6 nitrogen and oxygen atoms in total. The summed E-state index contributed by atoms with van der Waals surface area (Å²) in [7, 11) is 0. The summed E-state index contributed by atoms with van der Waals surface area (Å²) >= 11 is 1.30. The van der Waals surface area contributed by atoms with E-state index in [0.29, 0.717) is 17.1 Å². The Morgan fingerprint density at radius 2 is 1.87 bits per heavy atom. The molecule has 7 heteroatoms. The third-order valence-electron chi connectivity index (χ3n) is 5.70. The highest BCUT2D eigenvalue weighted by Crippen LogP contribution is 2.40. The van der Waals surface area contributed by atoms with Crippen molar-refractivity contribution in [2.24, 2.45) is 0 Å². The molecule has 0 radical (unpaired) electrons. The number of Topliss-reactive ketones (excluding diaryl/α,β-unsaturated/α-hetero) is 1. The van der Waals surface area contributed by atoms with Gasteiger partial charge in [0.15, 0.2) is 5.76 Å². The number of thiazole rings is 1. The van der Waals surface area contributed by atoms with E-state index in [-0.39, 0.29) is 11.4 Å². The van der Waals surface area contributed by atoms with Gasteiger partial charge < -0.3 is 14.9 Å². The molecule has 1 aliphatic heterocycles. The molecule has 0 spiro atoms. The highest BCUT2D eigenvalue weighted by molar-refractivity contribution is 7.14. The van der Waals surface area contributed by atoms with Crippen LogP contribution in [0.15, 0.2) is 41.7 Å². The fourth-order valence-electron chi connectivity index (χ4n) is 4.07. The lowest BCUT2D eigenvalue weighted by Gasteiger charge is -2.27. The lowest BCUT2D eigenvalue weighted by atomic mass is 9.95. The van der Waals surface area contributed by atoms with Crippen LogP contribution in [0, 0.1) is 13.8 Å². The third-order valence-corrected chi connectivity index (χ3v) is 6.77. The van der Waals surface area contributed by atoms with E-state index in [1.165, 1.54) is 16.2 Å². The van der Waals surface area contributed by atoms with Gasteiger partial charge in [0.2, 0.25) is 5.78 Å². The topological polar surface area (TPSA) is 74.9 Å². The highest BCUT2D eigenvalue weighted by atomic mass is 32.1. The van der Waals surface area contributed by atoms with Crippen LogP contribution in [0.2, 0.25) is 0 Å². The number of ketones is 1. The maximum atomic E-state index is 13.4. The van der Waals surface area contributed by atoms with Crippen molar-refractivity contribution < 1.29 is 19.6 Å². The van der Waals surface area contributed by atoms with Crippen LogP contribution in [-0.2, 0) is 4.79 Å². The van der Waals surface area contributed by atoms with Gasteiger partial charge in [0.25, 0.3) is 5.91 Å². The highest BCUT2D eigenvalue weighted by Gasteiger charge is 2.44. The van der Waals surface area contributed by atoms with E-state index < -0.39 is 17.7 Å². The predicted molar refractivity (Wildman–Crippen MR) is 118 cm³/mol. The van der Waals surface area contributed by atoms with Gasteiger partial charge in [0.05, 0.1) is 46.8 Å². The van der Waals surface area contributed by atoms with Crippen molar-refractivity contribution >= 4 is 23.0 Å². The number of benzene rings is 1. The first kappa shape index (κ1) is 22.2. The number of aliphatic hydroxyl groups excluding tert-OH is 1. The number of rotatable bonds is 9. The van der Waals surface area contributed by atoms with Gasteiger partial charge in [-0.2, -0.15) is 0 Å². The van der Waals surface area contributed by atoms with Crippen LogP contribution in [0.3, 0.4) is 0 Å². The quantitative estimate of drug-likeness (QED) is 0.602. The number of nitrogens with one attached hydrogen (secondary N) is 1. The molecule has 0 bridgehead atoms. The maximum absolute atomic E-state index is 13.4. The second-order valence-corrected chi connectivity index (χ2v) is 8.81. The van der Waals surface area contributed by atoms with Crippen molar-refractivity contribution in [3.8, 4) is 0 Å². The third kappa shape index (κ3) is 4.32. The Morgan fingerprint density at radius 3 is 2.43 bits per heavy atom. The summed E-state index contributed by atoms with van der Waals surface area (Å²) in [5.74, 6) is -1.22. The van der Waals surface area contributed by atoms with Crippen molar-refractivity contribution in [1.82, 2.24) is 9.88 Å². The lowest BCUT2D eigenvalue weighted by Crippen LogP contribution is -3.11. The molecule has 3 rings (SSSR count). The van der Waals surface area contributed by atoms with Crippen molar-refractivity contribution in [3.05, 3.63) is 62.8 Å². The minimum Gasteiger partial charge on any atom is -0.503 e. The van der Waals surface area contributed by atoms with Crippen molar-refractivity contribution in [2.75, 3.05) is 26.2 Å². The van der Waals surface area contributed by atoms with E-state index in [1.54, 1.807) is 11.8 Å². The van der Waals surface area contributed by atoms with E-state index in [2.05, 4.69) is 18.8 Å². The Balaban J connectivity index is 1.95. The molecular weight excluding hydrogens is 398 g/mol. The molecular formula is C23H30N3O3S+. The molecule has 0 unspecified atom stereocenters. The van der Waals surface area contributed by atoms with Crippen LogP contribution >= 0.6 is 11.3 Å². The molecule has 160 valence electrons. The first-order valence-electron chi connectivity index (χ1n) is 10.5. The summed E-state index contributed by atoms with van der Waals surface area (Å²) in [5.41, 5.74) is 1.62. The standard InChI is InChI=1S/C23H29N3O3S/c1-5-25(6-2)13-10-14-26-19(17-11-8-7-9-12-17)18(21(28)23(26)29)20(27)22-15(3)24-16(4)30-22/h7-9,11-12,19,28H,5-6,10,13-14H2,1-4H3/p+1/t19-/m1/s1. The van der Waals surface area contributed by atoms with E-state index in [0.717, 1.165) is 36.6 Å². The van der Waals surface area contributed by atoms with Crippen LogP contribution in [0.1, 0.15) is 52.2 Å². The molecule has 30 heavy (non-hydrogen) atoms. The normalized spacial score (nSPS) is 16.8. The lowest BCUT2D eigenvalue weighted by molar-refractivity contribution is -0.896. The van der Waals surface area contributed by atoms with Crippen LogP contribution in [0.25, 0.3) is 0 Å². The Labute approximate surface area is 181 Å². The monoisotopic (exact) mass is 428 g/mol. The first-order chi connectivity index (χ1) is 14.4. The minimum absolute atomic E-state index is 0.160. The summed E-state index contributed by atoms with van der Waals surface area (Å²) < 4.78 is 0. The number of carbonyl (C=O) groups is 2. The number of nitrogens with zero attached hydrogens (tertiary/aromatic N) is 2. The molecule has 0 fully saturated rings. The molecule has 0 saturated heterocycles. The summed E-state index contributed by atoms with van der Waals surface area (Å²) in [6.45, 7) is 11.4. The van der Waals surface area contributed by atoms with Crippen LogP contribution < -0.4 is 4.90 Å². The molecule has 2 heterocycles. The molecule has 0 saturated carbocycles. The summed E-state index contributed by atoms with van der Waals surface area (Å²) in [6.07, 6.45) is 0.805. The number of hydrogen-bond acceptors (Lipinski definition) is 5. The number of aryl methyl sites for hydroxylation is 2. The van der Waals surface area contributed by atoms with E-state index in [9.17, 15) is 14.7 Å². The number of aromatic nitrogens is 1. The average molecular weight is 429 g/mol. The molecule has 1 aliphatic rings. The fourth-order valence-corrected chi connectivity index (χ4v) is 4.94. The zero-order valence-electron chi connectivity index (χ0n) is 18.1. The van der Waals surface area contributed by atoms with Crippen molar-refractivity contribution in [2.45, 2.75) is 40.2 Å². The SMILES string of the molecule is CC[NH+](CC)CCCN1C(=O)C(O)=C(C(=O)c2sc(C)nc2C)[C@H]1c1ccccc1. The summed E-state index contributed by atoms with van der Waals surface area (Å²) in [6, 6.07) is 8.89. The number of amides is 1. The Kier molecular flexibility index (Phi) is 7.05. The fraction of sp³-hybridized carbons (Fsp3) is 0.435. The molecule has 1 aromatic carbocycles. The number of aliphatic hydroxyl groups is 1. The number of hydrogen-bond donors (Lipinski definition) is 2. The summed E-state index contributed by atoms with van der Waals surface area (Å²) in [4.78, 5) is 34.3. The Hall–Kier alpha value is -2.51. The number of carbonyl (C=O) groups excluding carboxylic acids is 2. The van der Waals surface area contributed by atoms with Gasteiger partial charge in [-0.15, -0.1) is 11.3 Å². The van der Waals surface area contributed by atoms with Gasteiger partial charge in [0.1, 0.15) is 0 Å².